The van der Waals surface area contributed by atoms with Crippen molar-refractivity contribution in [3.63, 3.8) is 0 Å². The van der Waals surface area contributed by atoms with Crippen LogP contribution in [0.25, 0.3) is 0 Å². The van der Waals surface area contributed by atoms with Crippen LogP contribution in [0.5, 0.6) is 0 Å². The molecule has 6 heteroatoms. The Morgan fingerprint density at radius 2 is 2.00 bits per heavy atom. The number of carbonyl (C=O) groups excluding carboxylic acids is 1. The molecule has 3 rings (SSSR count). The number of rotatable bonds is 3. The smallest absolute Gasteiger partial charge is 0.257 e. The highest BCUT2D eigenvalue weighted by Crippen LogP contribution is 2.16. The average molecular weight is 333 g/mol. The third kappa shape index (κ3) is 3.74. The van der Waals surface area contributed by atoms with Crippen LogP contribution < -0.4 is 5.32 Å². The molecule has 2 atom stereocenters. The van der Waals surface area contributed by atoms with Gasteiger partial charge in [-0.25, -0.2) is 0 Å². The molecule has 1 aromatic carbocycles. The first-order valence-corrected chi connectivity index (χ1v) is 8.22. The van der Waals surface area contributed by atoms with E-state index in [4.69, 9.17) is 11.6 Å². The van der Waals surface area contributed by atoms with Gasteiger partial charge in [0.05, 0.1) is 18.3 Å². The maximum Gasteiger partial charge on any atom is 0.257 e. The average Bonchev–Trinajstić information content (AvgIpc) is 2.96. The van der Waals surface area contributed by atoms with E-state index in [0.717, 1.165) is 18.7 Å². The summed E-state index contributed by atoms with van der Waals surface area (Å²) in [5.74, 6) is 0.0376. The lowest BCUT2D eigenvalue weighted by Crippen LogP contribution is -2.55. The van der Waals surface area contributed by atoms with Crippen molar-refractivity contribution < 1.29 is 4.79 Å². The molecule has 23 heavy (non-hydrogen) atoms. The third-order valence-corrected chi connectivity index (χ3v) is 4.38. The lowest BCUT2D eigenvalue weighted by atomic mass is 10.1. The summed E-state index contributed by atoms with van der Waals surface area (Å²) in [5, 5.41) is 8.44. The minimum Gasteiger partial charge on any atom is -0.335 e. The molecule has 2 aromatic rings. The zero-order valence-corrected chi connectivity index (χ0v) is 14.1. The maximum absolute atomic E-state index is 12.6. The van der Waals surface area contributed by atoms with Crippen molar-refractivity contribution in [2.24, 2.45) is 0 Å². The zero-order chi connectivity index (χ0) is 16.4. The molecule has 5 nitrogen and oxygen atoms in total. The summed E-state index contributed by atoms with van der Waals surface area (Å²) in [4.78, 5) is 14.5. The van der Waals surface area contributed by atoms with Gasteiger partial charge in [-0.2, -0.15) is 5.10 Å². The van der Waals surface area contributed by atoms with Crippen LogP contribution in [0.3, 0.4) is 0 Å². The molecule has 1 aliphatic heterocycles. The summed E-state index contributed by atoms with van der Waals surface area (Å²) in [6.45, 7) is 6.19. The Hall–Kier alpha value is -1.85. The summed E-state index contributed by atoms with van der Waals surface area (Å²) in [6.07, 6.45) is 3.43. The standard InChI is InChI=1S/C17H21ClN4O/c1-12-8-21(9-13(2)20-12)17(23)15-7-19-22(11-15)10-14-5-3-4-6-16(14)18/h3-7,11-13,20H,8-10H2,1-2H3. The van der Waals surface area contributed by atoms with Crippen LogP contribution in [-0.2, 0) is 6.54 Å². The van der Waals surface area contributed by atoms with E-state index in [0.29, 0.717) is 29.2 Å². The third-order valence-electron chi connectivity index (χ3n) is 4.02. The first kappa shape index (κ1) is 16.0. The number of amides is 1. The molecule has 0 saturated carbocycles. The van der Waals surface area contributed by atoms with Gasteiger partial charge in [0, 0.05) is 36.4 Å². The number of hydrogen-bond donors (Lipinski definition) is 1. The number of carbonyl (C=O) groups is 1. The van der Waals surface area contributed by atoms with Gasteiger partial charge in [0.2, 0.25) is 0 Å². The second-order valence-corrected chi connectivity index (χ2v) is 6.60. The van der Waals surface area contributed by atoms with Gasteiger partial charge < -0.3 is 10.2 Å². The predicted molar refractivity (Wildman–Crippen MR) is 90.7 cm³/mol. The van der Waals surface area contributed by atoms with Gasteiger partial charge >= 0.3 is 0 Å². The van der Waals surface area contributed by atoms with E-state index in [-0.39, 0.29) is 5.91 Å². The normalized spacial score (nSPS) is 21.4. The molecule has 2 heterocycles. The van der Waals surface area contributed by atoms with Gasteiger partial charge in [-0.1, -0.05) is 29.8 Å². The number of piperazine rings is 1. The van der Waals surface area contributed by atoms with Crippen LogP contribution in [0, 0.1) is 0 Å². The second kappa shape index (κ2) is 6.72. The highest BCUT2D eigenvalue weighted by atomic mass is 35.5. The molecule has 0 aliphatic carbocycles. The fraction of sp³-hybridized carbons (Fsp3) is 0.412. The molecule has 2 unspecified atom stereocenters. The van der Waals surface area contributed by atoms with Gasteiger partial charge in [0.1, 0.15) is 0 Å². The molecule has 122 valence electrons. The zero-order valence-electron chi connectivity index (χ0n) is 13.4. The number of hydrogen-bond acceptors (Lipinski definition) is 3. The SMILES string of the molecule is CC1CN(C(=O)c2cnn(Cc3ccccc3Cl)c2)CC(C)N1. The predicted octanol–water partition coefficient (Wildman–Crippen LogP) is 2.41. The molecular formula is C17H21ClN4O. The van der Waals surface area contributed by atoms with E-state index in [2.05, 4.69) is 24.3 Å². The monoisotopic (exact) mass is 332 g/mol. The van der Waals surface area contributed by atoms with Crippen LogP contribution in [0.2, 0.25) is 5.02 Å². The number of aromatic nitrogens is 2. The highest BCUT2D eigenvalue weighted by Gasteiger charge is 2.26. The van der Waals surface area contributed by atoms with Gasteiger partial charge in [0.15, 0.2) is 0 Å². The van der Waals surface area contributed by atoms with E-state index in [1.54, 1.807) is 17.1 Å². The Morgan fingerprint density at radius 1 is 1.30 bits per heavy atom. The van der Waals surface area contributed by atoms with E-state index in [1.165, 1.54) is 0 Å². The summed E-state index contributed by atoms with van der Waals surface area (Å²) in [5.41, 5.74) is 1.61. The number of nitrogens with one attached hydrogen (secondary N) is 1. The van der Waals surface area contributed by atoms with E-state index >= 15 is 0 Å². The molecule has 1 amide bonds. The van der Waals surface area contributed by atoms with Gasteiger partial charge in [0.25, 0.3) is 5.91 Å². The first-order chi connectivity index (χ1) is 11.0. The molecule has 1 saturated heterocycles. The van der Waals surface area contributed by atoms with Crippen molar-refractivity contribution in [2.45, 2.75) is 32.5 Å². The largest absolute Gasteiger partial charge is 0.335 e. The fourth-order valence-corrected chi connectivity index (χ4v) is 3.23. The molecule has 0 radical (unpaired) electrons. The van der Waals surface area contributed by atoms with E-state index in [9.17, 15) is 4.79 Å². The topological polar surface area (TPSA) is 50.2 Å². The van der Waals surface area contributed by atoms with Crippen LogP contribution in [-0.4, -0.2) is 45.8 Å². The van der Waals surface area contributed by atoms with Crippen molar-refractivity contribution in [2.75, 3.05) is 13.1 Å². The summed E-state index contributed by atoms with van der Waals surface area (Å²) in [6, 6.07) is 8.28. The molecule has 1 aliphatic rings. The van der Waals surface area contributed by atoms with Gasteiger partial charge in [-0.3, -0.25) is 9.48 Å². The Balaban J connectivity index is 1.71. The van der Waals surface area contributed by atoms with E-state index < -0.39 is 0 Å². The quantitative estimate of drug-likeness (QED) is 0.939. The van der Waals surface area contributed by atoms with Crippen molar-refractivity contribution in [1.82, 2.24) is 20.0 Å². The maximum atomic E-state index is 12.6. The van der Waals surface area contributed by atoms with Crippen LogP contribution in [0.15, 0.2) is 36.7 Å². The molecule has 0 bridgehead atoms. The van der Waals surface area contributed by atoms with Crippen LogP contribution in [0.4, 0.5) is 0 Å². The Bertz CT molecular complexity index is 689. The Labute approximate surface area is 141 Å². The van der Waals surface area contributed by atoms with Crippen molar-refractivity contribution in [1.29, 1.82) is 0 Å². The summed E-state index contributed by atoms with van der Waals surface area (Å²) in [7, 11) is 0. The molecule has 0 spiro atoms. The highest BCUT2D eigenvalue weighted by molar-refractivity contribution is 6.31. The minimum atomic E-state index is 0.0376. The van der Waals surface area contributed by atoms with Crippen LogP contribution >= 0.6 is 11.6 Å². The fourth-order valence-electron chi connectivity index (χ4n) is 3.04. The van der Waals surface area contributed by atoms with Crippen molar-refractivity contribution in [3.05, 3.63) is 52.8 Å². The van der Waals surface area contributed by atoms with Crippen molar-refractivity contribution in [3.8, 4) is 0 Å². The lowest BCUT2D eigenvalue weighted by molar-refractivity contribution is 0.0673. The van der Waals surface area contributed by atoms with Crippen LogP contribution in [0.1, 0.15) is 29.8 Å². The Morgan fingerprint density at radius 3 is 2.70 bits per heavy atom. The number of benzene rings is 1. The molecule has 1 N–H and O–H groups in total. The Kier molecular flexibility index (Phi) is 4.68. The lowest BCUT2D eigenvalue weighted by Gasteiger charge is -2.35. The first-order valence-electron chi connectivity index (χ1n) is 7.84. The van der Waals surface area contributed by atoms with Gasteiger partial charge in [-0.15, -0.1) is 0 Å². The summed E-state index contributed by atoms with van der Waals surface area (Å²) >= 11 is 6.17. The molecule has 1 aromatic heterocycles. The second-order valence-electron chi connectivity index (χ2n) is 6.20. The number of nitrogens with zero attached hydrogens (tertiary/aromatic N) is 3. The molecule has 1 fully saturated rings. The van der Waals surface area contributed by atoms with Crippen molar-refractivity contribution >= 4 is 17.5 Å². The minimum absolute atomic E-state index is 0.0376. The van der Waals surface area contributed by atoms with E-state index in [1.807, 2.05) is 29.2 Å². The van der Waals surface area contributed by atoms with Gasteiger partial charge in [-0.05, 0) is 25.5 Å². The molecular weight excluding hydrogens is 312 g/mol. The summed E-state index contributed by atoms with van der Waals surface area (Å²) < 4.78 is 1.75. The number of halogens is 1.